The van der Waals surface area contributed by atoms with Gasteiger partial charge in [-0.25, -0.2) is 0 Å². The van der Waals surface area contributed by atoms with Crippen LogP contribution in [-0.2, 0) is 16.1 Å². The summed E-state index contributed by atoms with van der Waals surface area (Å²) in [5.74, 6) is 0.398. The fraction of sp³-hybridized carbons (Fsp3) is 0.429. The molecule has 8 heteroatoms. The number of likely N-dealkylation sites (tertiary alicyclic amines) is 1. The lowest BCUT2D eigenvalue weighted by atomic mass is 9.89. The maximum absolute atomic E-state index is 12.9. The van der Waals surface area contributed by atoms with E-state index in [1.165, 1.54) is 5.56 Å². The summed E-state index contributed by atoms with van der Waals surface area (Å²) in [4.78, 5) is 40.8. The maximum Gasteiger partial charge on any atom is 0.255 e. The van der Waals surface area contributed by atoms with Crippen LogP contribution in [0.3, 0.4) is 0 Å². The van der Waals surface area contributed by atoms with Crippen molar-refractivity contribution in [2.24, 2.45) is 0 Å². The highest BCUT2D eigenvalue weighted by molar-refractivity contribution is 6.05. The Bertz CT molecular complexity index is 1260. The number of carbonyl (C=O) groups excluding carboxylic acids is 3. The van der Waals surface area contributed by atoms with E-state index < -0.39 is 11.9 Å². The molecule has 2 aromatic carbocycles. The third-order valence-corrected chi connectivity index (χ3v) is 8.09. The van der Waals surface area contributed by atoms with Gasteiger partial charge in [0.2, 0.25) is 11.8 Å². The third-order valence-electron chi connectivity index (χ3n) is 8.09. The molecule has 3 fully saturated rings. The fourth-order valence-electron chi connectivity index (χ4n) is 6.08. The van der Waals surface area contributed by atoms with Crippen LogP contribution in [0.15, 0.2) is 42.5 Å². The van der Waals surface area contributed by atoms with Crippen molar-refractivity contribution in [1.82, 2.24) is 15.1 Å². The van der Waals surface area contributed by atoms with E-state index >= 15 is 0 Å². The van der Waals surface area contributed by atoms with E-state index in [-0.39, 0.29) is 24.3 Å². The minimum atomic E-state index is -0.610. The second-order valence-electron chi connectivity index (χ2n) is 10.3. The summed E-state index contributed by atoms with van der Waals surface area (Å²) in [6.07, 6.45) is 3.94. The van der Waals surface area contributed by atoms with Crippen molar-refractivity contribution < 1.29 is 19.1 Å². The molecule has 2 saturated heterocycles. The minimum Gasteiger partial charge on any atom is -0.489 e. The number of carbonyl (C=O) groups is 3. The van der Waals surface area contributed by atoms with Crippen LogP contribution in [0.5, 0.6) is 5.75 Å². The van der Waals surface area contributed by atoms with Crippen molar-refractivity contribution in [3.05, 3.63) is 64.7 Å². The van der Waals surface area contributed by atoms with Crippen LogP contribution < -0.4 is 10.1 Å². The standard InChI is InChI=1S/C28H28N4O4/c29-13-17-4-6-18(7-5-17)20-14-31(15-20)23-2-1-3-25(23)36-21-8-9-22-19(12-21)16-32(28(22)35)24-10-11-26(33)30-27(24)34/h4-9,12,20,23-25H,1-3,10-11,14-16H2,(H,30,33,34)/t23-,24?,25-/m0/s1. The molecular weight excluding hydrogens is 456 g/mol. The summed E-state index contributed by atoms with van der Waals surface area (Å²) in [6.45, 7) is 2.34. The maximum atomic E-state index is 12.9. The van der Waals surface area contributed by atoms with Gasteiger partial charge in [0, 0.05) is 43.6 Å². The van der Waals surface area contributed by atoms with Crippen LogP contribution in [-0.4, -0.2) is 58.8 Å². The highest BCUT2D eigenvalue weighted by Gasteiger charge is 2.42. The van der Waals surface area contributed by atoms with Crippen LogP contribution in [0.2, 0.25) is 0 Å². The summed E-state index contributed by atoms with van der Waals surface area (Å²) in [5, 5.41) is 11.4. The van der Waals surface area contributed by atoms with Gasteiger partial charge in [0.1, 0.15) is 17.9 Å². The highest BCUT2D eigenvalue weighted by atomic mass is 16.5. The molecular formula is C28H28N4O4. The van der Waals surface area contributed by atoms with Gasteiger partial charge < -0.3 is 9.64 Å². The van der Waals surface area contributed by atoms with Gasteiger partial charge in [-0.2, -0.15) is 5.26 Å². The molecule has 8 nitrogen and oxygen atoms in total. The zero-order chi connectivity index (χ0) is 24.8. The average molecular weight is 485 g/mol. The number of fused-ring (bicyclic) bond motifs is 1. The van der Waals surface area contributed by atoms with Crippen molar-refractivity contribution in [1.29, 1.82) is 5.26 Å². The zero-order valence-corrected chi connectivity index (χ0v) is 20.0. The van der Waals surface area contributed by atoms with Crippen LogP contribution in [0.4, 0.5) is 0 Å². The Balaban J connectivity index is 1.09. The molecule has 6 rings (SSSR count). The Labute approximate surface area is 209 Å². The van der Waals surface area contributed by atoms with Gasteiger partial charge in [0.15, 0.2) is 0 Å². The van der Waals surface area contributed by atoms with Crippen molar-refractivity contribution >= 4 is 17.7 Å². The Hall–Kier alpha value is -3.70. The first-order chi connectivity index (χ1) is 17.5. The highest BCUT2D eigenvalue weighted by Crippen LogP contribution is 2.37. The van der Waals surface area contributed by atoms with Crippen molar-refractivity contribution in [3.63, 3.8) is 0 Å². The molecule has 0 radical (unpaired) electrons. The van der Waals surface area contributed by atoms with E-state index in [9.17, 15) is 14.4 Å². The number of nitriles is 1. The van der Waals surface area contributed by atoms with Crippen LogP contribution >= 0.6 is 0 Å². The second kappa shape index (κ2) is 9.07. The molecule has 0 bridgehead atoms. The van der Waals surface area contributed by atoms with Crippen molar-refractivity contribution in [2.75, 3.05) is 13.1 Å². The largest absolute Gasteiger partial charge is 0.489 e. The quantitative estimate of drug-likeness (QED) is 0.655. The van der Waals surface area contributed by atoms with E-state index in [1.807, 2.05) is 24.3 Å². The Morgan fingerprint density at radius 3 is 2.56 bits per heavy atom. The predicted octanol–water partition coefficient (Wildman–Crippen LogP) is 2.72. The Morgan fingerprint density at radius 1 is 1.00 bits per heavy atom. The first-order valence-corrected chi connectivity index (χ1v) is 12.7. The number of benzene rings is 2. The summed E-state index contributed by atoms with van der Waals surface area (Å²) < 4.78 is 6.46. The van der Waals surface area contributed by atoms with Crippen molar-refractivity contribution in [2.45, 2.75) is 62.8 Å². The molecule has 0 spiro atoms. The molecule has 2 aromatic rings. The third kappa shape index (κ3) is 4.03. The van der Waals surface area contributed by atoms with Gasteiger partial charge in [0.25, 0.3) is 5.91 Å². The monoisotopic (exact) mass is 484 g/mol. The molecule has 3 heterocycles. The lowest BCUT2D eigenvalue weighted by Gasteiger charge is -2.45. The number of amides is 3. The van der Waals surface area contributed by atoms with Gasteiger partial charge in [-0.15, -0.1) is 0 Å². The lowest BCUT2D eigenvalue weighted by molar-refractivity contribution is -0.136. The van der Waals surface area contributed by atoms with Gasteiger partial charge in [-0.1, -0.05) is 12.1 Å². The number of rotatable bonds is 5. The molecule has 184 valence electrons. The smallest absolute Gasteiger partial charge is 0.255 e. The topological polar surface area (TPSA) is 103 Å². The average Bonchev–Trinajstić information content (AvgIpc) is 3.43. The number of hydrogen-bond donors (Lipinski definition) is 1. The molecule has 1 saturated carbocycles. The molecule has 4 aliphatic rings. The van der Waals surface area contributed by atoms with Crippen LogP contribution in [0, 0.1) is 11.3 Å². The minimum absolute atomic E-state index is 0.105. The SMILES string of the molecule is N#Cc1ccc(C2CN([C@H]3CCC[C@@H]3Oc3ccc4c(c3)CN(C3CCC(=O)NC3=O)C4=O)C2)cc1. The first kappa shape index (κ1) is 22.7. The normalized spacial score (nSPS) is 26.4. The number of hydrogen-bond acceptors (Lipinski definition) is 6. The number of nitrogens with one attached hydrogen (secondary N) is 1. The van der Waals surface area contributed by atoms with E-state index in [0.29, 0.717) is 36.1 Å². The van der Waals surface area contributed by atoms with Gasteiger partial charge in [-0.05, 0) is 67.1 Å². The number of imide groups is 1. The second-order valence-corrected chi connectivity index (χ2v) is 10.3. The number of ether oxygens (including phenoxy) is 1. The Kier molecular flexibility index (Phi) is 5.73. The molecule has 1 N–H and O–H groups in total. The summed E-state index contributed by atoms with van der Waals surface area (Å²) in [7, 11) is 0. The molecule has 3 aliphatic heterocycles. The molecule has 3 amide bonds. The zero-order valence-electron chi connectivity index (χ0n) is 20.0. The molecule has 36 heavy (non-hydrogen) atoms. The molecule has 3 atom stereocenters. The van der Waals surface area contributed by atoms with Gasteiger partial charge in [0.05, 0.1) is 11.6 Å². The molecule has 1 aliphatic carbocycles. The fourth-order valence-corrected chi connectivity index (χ4v) is 6.08. The predicted molar refractivity (Wildman–Crippen MR) is 130 cm³/mol. The summed E-state index contributed by atoms with van der Waals surface area (Å²) in [5.41, 5.74) is 3.43. The number of piperidine rings is 1. The van der Waals surface area contributed by atoms with Crippen LogP contribution in [0.1, 0.15) is 65.1 Å². The lowest BCUT2D eigenvalue weighted by Crippen LogP contribution is -2.54. The van der Waals surface area contributed by atoms with E-state index in [0.717, 1.165) is 43.7 Å². The summed E-state index contributed by atoms with van der Waals surface area (Å²) in [6, 6.07) is 15.4. The van der Waals surface area contributed by atoms with Crippen molar-refractivity contribution in [3.8, 4) is 11.8 Å². The van der Waals surface area contributed by atoms with E-state index in [2.05, 4.69) is 28.4 Å². The van der Waals surface area contributed by atoms with E-state index in [4.69, 9.17) is 10.00 Å². The number of nitrogens with zero attached hydrogens (tertiary/aromatic N) is 3. The molecule has 1 unspecified atom stereocenters. The Morgan fingerprint density at radius 2 is 1.81 bits per heavy atom. The van der Waals surface area contributed by atoms with Gasteiger partial charge >= 0.3 is 0 Å². The van der Waals surface area contributed by atoms with Crippen LogP contribution in [0.25, 0.3) is 0 Å². The first-order valence-electron chi connectivity index (χ1n) is 12.7. The summed E-state index contributed by atoms with van der Waals surface area (Å²) >= 11 is 0. The van der Waals surface area contributed by atoms with E-state index in [1.54, 1.807) is 11.0 Å². The van der Waals surface area contributed by atoms with Gasteiger partial charge in [-0.3, -0.25) is 24.6 Å². The molecule has 0 aromatic heterocycles.